The number of aromatic nitrogens is 2. The highest BCUT2D eigenvalue weighted by atomic mass is 79.9. The Kier molecular flexibility index (Phi) is 6.38. The van der Waals surface area contributed by atoms with Crippen LogP contribution in [0.25, 0.3) is 0 Å². The predicted molar refractivity (Wildman–Crippen MR) is 117 cm³/mol. The summed E-state index contributed by atoms with van der Waals surface area (Å²) >= 11 is 4.94. The van der Waals surface area contributed by atoms with Gasteiger partial charge in [-0.1, -0.05) is 12.8 Å². The molecular weight excluding hydrogens is 470 g/mol. The van der Waals surface area contributed by atoms with Crippen LogP contribution in [0.1, 0.15) is 55.8 Å². The van der Waals surface area contributed by atoms with E-state index in [2.05, 4.69) is 26.3 Å². The molecule has 160 valence electrons. The van der Waals surface area contributed by atoms with Gasteiger partial charge in [0, 0.05) is 17.4 Å². The Hall–Kier alpha value is -2.00. The minimum atomic E-state index is -0.362. The Morgan fingerprint density at radius 2 is 2.17 bits per heavy atom. The van der Waals surface area contributed by atoms with Gasteiger partial charge in [0.05, 0.1) is 33.9 Å². The number of halogens is 1. The third-order valence-corrected chi connectivity index (χ3v) is 7.02. The van der Waals surface area contributed by atoms with E-state index in [4.69, 9.17) is 9.15 Å². The predicted octanol–water partition coefficient (Wildman–Crippen LogP) is 4.49. The fourth-order valence-electron chi connectivity index (χ4n) is 3.90. The van der Waals surface area contributed by atoms with Crippen molar-refractivity contribution in [3.8, 4) is 0 Å². The number of thioether (sulfide) groups is 1. The quantitative estimate of drug-likeness (QED) is 0.596. The van der Waals surface area contributed by atoms with Crippen LogP contribution in [0, 0.1) is 5.92 Å². The summed E-state index contributed by atoms with van der Waals surface area (Å²) in [6.45, 7) is 4.09. The summed E-state index contributed by atoms with van der Waals surface area (Å²) in [4.78, 5) is 25.6. The lowest BCUT2D eigenvalue weighted by molar-refractivity contribution is -0.143. The first kappa shape index (κ1) is 21.2. The molecule has 1 amide bonds. The van der Waals surface area contributed by atoms with E-state index >= 15 is 0 Å². The molecule has 3 heterocycles. The van der Waals surface area contributed by atoms with Crippen LogP contribution in [0.5, 0.6) is 0 Å². The summed E-state index contributed by atoms with van der Waals surface area (Å²) in [6.07, 6.45) is 7.54. The summed E-state index contributed by atoms with van der Waals surface area (Å²) in [5.41, 5.74) is 0.611. The minimum Gasteiger partial charge on any atom is -0.460 e. The van der Waals surface area contributed by atoms with E-state index in [1.54, 1.807) is 34.8 Å². The monoisotopic (exact) mass is 493 g/mol. The molecule has 2 aliphatic rings. The van der Waals surface area contributed by atoms with Crippen molar-refractivity contribution in [1.82, 2.24) is 15.1 Å². The molecule has 1 N–H and O–H groups in total. The molecule has 1 aliphatic heterocycles. The van der Waals surface area contributed by atoms with Crippen molar-refractivity contribution in [3.05, 3.63) is 51.1 Å². The Morgan fingerprint density at radius 3 is 2.90 bits per heavy atom. The molecule has 9 heteroatoms. The number of carbonyl (C=O) groups excluding carboxylic acids is 2. The number of hydrogen-bond acceptors (Lipinski definition) is 6. The zero-order chi connectivity index (χ0) is 21.3. The molecule has 0 saturated heterocycles. The zero-order valence-corrected chi connectivity index (χ0v) is 19.3. The first-order chi connectivity index (χ1) is 14.4. The van der Waals surface area contributed by atoms with Gasteiger partial charge in [-0.2, -0.15) is 5.10 Å². The highest BCUT2D eigenvalue weighted by molar-refractivity contribution is 9.10. The lowest BCUT2D eigenvalue weighted by atomic mass is 9.84. The van der Waals surface area contributed by atoms with Crippen LogP contribution in [0.4, 0.5) is 0 Å². The van der Waals surface area contributed by atoms with Crippen molar-refractivity contribution in [3.63, 3.8) is 0 Å². The van der Waals surface area contributed by atoms with Gasteiger partial charge in [-0.15, -0.1) is 11.8 Å². The molecule has 7 nitrogen and oxygen atoms in total. The van der Waals surface area contributed by atoms with Gasteiger partial charge in [-0.3, -0.25) is 9.48 Å². The zero-order valence-electron chi connectivity index (χ0n) is 16.9. The van der Waals surface area contributed by atoms with E-state index < -0.39 is 0 Å². The summed E-state index contributed by atoms with van der Waals surface area (Å²) in [7, 11) is 0. The number of ether oxygens (including phenoxy) is 1. The third kappa shape index (κ3) is 4.67. The number of furan rings is 1. The molecule has 0 bridgehead atoms. The van der Waals surface area contributed by atoms with Crippen molar-refractivity contribution in [2.45, 2.75) is 57.4 Å². The highest BCUT2D eigenvalue weighted by Crippen LogP contribution is 2.48. The lowest BCUT2D eigenvalue weighted by Crippen LogP contribution is -2.27. The fourth-order valence-corrected chi connectivity index (χ4v) is 5.77. The minimum absolute atomic E-state index is 0.135. The van der Waals surface area contributed by atoms with Crippen LogP contribution in [0.2, 0.25) is 0 Å². The SMILES string of the molecule is CC(C)OC(=O)C1=C(NC(=O)c2ccc(Cn3cc(Br)cn3)o2)S[C@H]2CCCC[C@H]12. The number of esters is 1. The number of nitrogens with zero attached hydrogens (tertiary/aromatic N) is 2. The largest absolute Gasteiger partial charge is 0.460 e. The molecule has 0 radical (unpaired) electrons. The molecule has 0 aromatic carbocycles. The molecule has 2 aromatic heterocycles. The van der Waals surface area contributed by atoms with E-state index in [0.717, 1.165) is 30.2 Å². The van der Waals surface area contributed by atoms with E-state index in [1.807, 2.05) is 20.0 Å². The first-order valence-electron chi connectivity index (χ1n) is 10.1. The maximum atomic E-state index is 12.8. The van der Waals surface area contributed by atoms with Crippen molar-refractivity contribution >= 4 is 39.6 Å². The molecule has 1 saturated carbocycles. The number of hydrogen-bond donors (Lipinski definition) is 1. The van der Waals surface area contributed by atoms with Gasteiger partial charge in [-0.05, 0) is 54.8 Å². The number of nitrogens with one attached hydrogen (secondary N) is 1. The first-order valence-corrected chi connectivity index (χ1v) is 11.8. The smallest absolute Gasteiger partial charge is 0.337 e. The summed E-state index contributed by atoms with van der Waals surface area (Å²) in [5.74, 6) is 0.272. The average Bonchev–Trinajstić information content (AvgIpc) is 3.39. The van der Waals surface area contributed by atoms with Crippen LogP contribution >= 0.6 is 27.7 Å². The van der Waals surface area contributed by atoms with Gasteiger partial charge < -0.3 is 14.5 Å². The van der Waals surface area contributed by atoms with Crippen molar-refractivity contribution in [2.75, 3.05) is 0 Å². The molecule has 2 atom stereocenters. The van der Waals surface area contributed by atoms with Crippen LogP contribution < -0.4 is 5.32 Å². The summed E-state index contributed by atoms with van der Waals surface area (Å²) < 4.78 is 13.8. The van der Waals surface area contributed by atoms with Gasteiger partial charge in [-0.25, -0.2) is 4.79 Å². The maximum absolute atomic E-state index is 12.8. The summed E-state index contributed by atoms with van der Waals surface area (Å²) in [6, 6.07) is 3.40. The molecule has 1 aliphatic carbocycles. The van der Waals surface area contributed by atoms with Gasteiger partial charge in [0.15, 0.2) is 5.76 Å². The maximum Gasteiger partial charge on any atom is 0.337 e. The Morgan fingerprint density at radius 1 is 1.37 bits per heavy atom. The summed E-state index contributed by atoms with van der Waals surface area (Å²) in [5, 5.41) is 8.03. The number of amides is 1. The molecule has 4 rings (SSSR count). The third-order valence-electron chi connectivity index (χ3n) is 5.18. The molecule has 1 fully saturated rings. The number of carbonyl (C=O) groups is 2. The Bertz CT molecular complexity index is 981. The molecule has 0 unspecified atom stereocenters. The van der Waals surface area contributed by atoms with E-state index in [-0.39, 0.29) is 29.7 Å². The number of rotatable bonds is 6. The van der Waals surface area contributed by atoms with E-state index in [0.29, 0.717) is 28.2 Å². The van der Waals surface area contributed by atoms with Gasteiger partial charge >= 0.3 is 5.97 Å². The Balaban J connectivity index is 1.50. The topological polar surface area (TPSA) is 86.4 Å². The van der Waals surface area contributed by atoms with Crippen LogP contribution in [-0.2, 0) is 16.1 Å². The van der Waals surface area contributed by atoms with Crippen molar-refractivity contribution < 1.29 is 18.7 Å². The second-order valence-electron chi connectivity index (χ2n) is 7.82. The van der Waals surface area contributed by atoms with Gasteiger partial charge in [0.1, 0.15) is 5.76 Å². The van der Waals surface area contributed by atoms with E-state index in [9.17, 15) is 9.59 Å². The second-order valence-corrected chi connectivity index (χ2v) is 9.99. The van der Waals surface area contributed by atoms with Gasteiger partial charge in [0.2, 0.25) is 0 Å². The Labute approximate surface area is 187 Å². The molecule has 2 aromatic rings. The van der Waals surface area contributed by atoms with Crippen molar-refractivity contribution in [1.29, 1.82) is 0 Å². The fraction of sp³-hybridized carbons (Fsp3) is 0.476. The molecule has 0 spiro atoms. The van der Waals surface area contributed by atoms with Crippen LogP contribution in [-0.4, -0.2) is 33.0 Å². The number of fused-ring (bicyclic) bond motifs is 1. The van der Waals surface area contributed by atoms with Gasteiger partial charge in [0.25, 0.3) is 5.91 Å². The second kappa shape index (κ2) is 9.01. The van der Waals surface area contributed by atoms with Crippen LogP contribution in [0.3, 0.4) is 0 Å². The average molecular weight is 494 g/mol. The molecule has 30 heavy (non-hydrogen) atoms. The van der Waals surface area contributed by atoms with E-state index in [1.165, 1.54) is 0 Å². The standard InChI is InChI=1S/C21H24BrN3O4S/c1-12(2)28-21(27)18-15-5-3-4-6-17(15)30-20(18)24-19(26)16-8-7-14(29-16)11-25-10-13(22)9-23-25/h7-10,12,15,17H,3-6,11H2,1-2H3,(H,24,26)/t15-,17-/m0/s1. The highest BCUT2D eigenvalue weighted by Gasteiger charge is 2.42. The van der Waals surface area contributed by atoms with Crippen molar-refractivity contribution in [2.24, 2.45) is 5.92 Å². The normalized spacial score (nSPS) is 21.1. The lowest BCUT2D eigenvalue weighted by Gasteiger charge is -2.25. The molecular formula is C21H24BrN3O4S. The van der Waals surface area contributed by atoms with Crippen LogP contribution in [0.15, 0.2) is 44.0 Å².